The molecule has 3 N–H and O–H groups in total. The van der Waals surface area contributed by atoms with E-state index in [-0.39, 0.29) is 11.9 Å². The highest BCUT2D eigenvalue weighted by Gasteiger charge is 2.21. The molecule has 0 spiro atoms. The van der Waals surface area contributed by atoms with Crippen LogP contribution in [0.5, 0.6) is 11.5 Å². The second-order valence-corrected chi connectivity index (χ2v) is 6.29. The number of ether oxygens (including phenoxy) is 1. The number of para-hydroxylation sites is 1. The number of nitrogens with one attached hydrogen (secondary N) is 1. The van der Waals surface area contributed by atoms with E-state index in [1.807, 2.05) is 36.6 Å². The number of rotatable bonds is 6. The second-order valence-electron chi connectivity index (χ2n) is 5.52. The molecule has 1 aromatic heterocycles. The van der Waals surface area contributed by atoms with Gasteiger partial charge in [-0.25, -0.2) is 0 Å². The first kappa shape index (κ1) is 17.8. The first-order valence-electron chi connectivity index (χ1n) is 7.96. The van der Waals surface area contributed by atoms with E-state index in [1.54, 1.807) is 35.8 Å². The summed E-state index contributed by atoms with van der Waals surface area (Å²) in [7, 11) is 0. The molecule has 1 heterocycles. The van der Waals surface area contributed by atoms with Crippen LogP contribution in [0.3, 0.4) is 0 Å². The van der Waals surface area contributed by atoms with E-state index in [9.17, 15) is 4.79 Å². The molecule has 26 heavy (non-hydrogen) atoms. The van der Waals surface area contributed by atoms with Crippen LogP contribution in [-0.4, -0.2) is 26.9 Å². The van der Waals surface area contributed by atoms with Crippen molar-refractivity contribution in [2.75, 3.05) is 17.3 Å². The zero-order chi connectivity index (χ0) is 18.5. The first-order valence-corrected chi connectivity index (χ1v) is 9.19. The Morgan fingerprint density at radius 2 is 1.77 bits per heavy atom. The molecule has 134 valence electrons. The largest absolute Gasteiger partial charge is 0.457 e. The van der Waals surface area contributed by atoms with Gasteiger partial charge in [0.05, 0.1) is 0 Å². The minimum absolute atomic E-state index is 0.205. The highest BCUT2D eigenvalue weighted by Crippen LogP contribution is 2.24. The summed E-state index contributed by atoms with van der Waals surface area (Å²) in [5.41, 5.74) is 6.49. The van der Waals surface area contributed by atoms with Gasteiger partial charge in [0.2, 0.25) is 11.9 Å². The summed E-state index contributed by atoms with van der Waals surface area (Å²) >= 11 is 1.38. The van der Waals surface area contributed by atoms with Gasteiger partial charge in [0.1, 0.15) is 17.5 Å². The number of nitrogen functional groups attached to an aromatic ring is 1. The summed E-state index contributed by atoms with van der Waals surface area (Å²) in [5, 5.41) is 11.2. The van der Waals surface area contributed by atoms with Gasteiger partial charge in [0.25, 0.3) is 0 Å². The van der Waals surface area contributed by atoms with E-state index in [4.69, 9.17) is 10.5 Å². The molecule has 0 saturated carbocycles. The van der Waals surface area contributed by atoms with Gasteiger partial charge in [-0.3, -0.25) is 9.36 Å². The number of benzene rings is 2. The van der Waals surface area contributed by atoms with Crippen molar-refractivity contribution >= 4 is 29.3 Å². The fraction of sp³-hybridized carbons (Fsp3) is 0.167. The number of nitrogens with zero attached hydrogens (tertiary/aromatic N) is 3. The number of aromatic nitrogens is 3. The van der Waals surface area contributed by atoms with Crippen molar-refractivity contribution in [2.24, 2.45) is 0 Å². The molecule has 0 aliphatic heterocycles. The van der Waals surface area contributed by atoms with Crippen LogP contribution in [0.15, 0.2) is 59.8 Å². The normalized spacial score (nSPS) is 11.8. The van der Waals surface area contributed by atoms with Crippen LogP contribution in [0.1, 0.15) is 13.0 Å². The predicted molar refractivity (Wildman–Crippen MR) is 103 cm³/mol. The quantitative estimate of drug-likeness (QED) is 0.645. The number of nitrogens with two attached hydrogens (primary N) is 1. The van der Waals surface area contributed by atoms with E-state index < -0.39 is 6.04 Å². The van der Waals surface area contributed by atoms with Crippen LogP contribution in [0.25, 0.3) is 0 Å². The molecule has 0 aliphatic carbocycles. The van der Waals surface area contributed by atoms with Crippen LogP contribution >= 0.6 is 11.8 Å². The lowest BCUT2D eigenvalue weighted by Gasteiger charge is -2.16. The summed E-state index contributed by atoms with van der Waals surface area (Å²) in [6.45, 7) is 1.75. The van der Waals surface area contributed by atoms with Gasteiger partial charge >= 0.3 is 0 Å². The Morgan fingerprint density at radius 3 is 2.42 bits per heavy atom. The van der Waals surface area contributed by atoms with Crippen molar-refractivity contribution in [3.8, 4) is 11.5 Å². The van der Waals surface area contributed by atoms with Crippen molar-refractivity contribution in [2.45, 2.75) is 18.1 Å². The van der Waals surface area contributed by atoms with Gasteiger partial charge in [-0.1, -0.05) is 30.0 Å². The standard InChI is InChI=1S/C18H19N5O2S/c1-12(23-17(19)21-22-18(23)26-2)16(24)20-13-8-10-15(11-9-13)25-14-6-4-3-5-7-14/h3-12H,1-2H3,(H2,19,21)(H,20,24)/t12-/m1/s1. The Balaban J connectivity index is 1.67. The average Bonchev–Trinajstić information content (AvgIpc) is 3.04. The summed E-state index contributed by atoms with van der Waals surface area (Å²) < 4.78 is 7.34. The number of carbonyl (C=O) groups excluding carboxylic acids is 1. The van der Waals surface area contributed by atoms with Crippen LogP contribution in [0.4, 0.5) is 11.6 Å². The molecule has 3 rings (SSSR count). The highest BCUT2D eigenvalue weighted by molar-refractivity contribution is 7.98. The number of amides is 1. The lowest BCUT2D eigenvalue weighted by Crippen LogP contribution is -2.25. The topological polar surface area (TPSA) is 95.1 Å². The van der Waals surface area contributed by atoms with Gasteiger partial charge in [0, 0.05) is 5.69 Å². The monoisotopic (exact) mass is 369 g/mol. The third-order valence-corrected chi connectivity index (χ3v) is 4.38. The molecular weight excluding hydrogens is 350 g/mol. The summed E-state index contributed by atoms with van der Waals surface area (Å²) in [6.07, 6.45) is 1.86. The van der Waals surface area contributed by atoms with Crippen molar-refractivity contribution in [1.82, 2.24) is 14.8 Å². The molecule has 0 saturated heterocycles. The predicted octanol–water partition coefficient (Wildman–Crippen LogP) is 3.57. The number of carbonyl (C=O) groups is 1. The van der Waals surface area contributed by atoms with Crippen LogP contribution in [0.2, 0.25) is 0 Å². The molecular formula is C18H19N5O2S. The average molecular weight is 369 g/mol. The SMILES string of the molecule is CSc1nnc(N)n1[C@H](C)C(=O)Nc1ccc(Oc2ccccc2)cc1. The van der Waals surface area contributed by atoms with Crippen LogP contribution in [-0.2, 0) is 4.79 Å². The molecule has 0 radical (unpaired) electrons. The Morgan fingerprint density at radius 1 is 1.12 bits per heavy atom. The molecule has 7 nitrogen and oxygen atoms in total. The van der Waals surface area contributed by atoms with Gasteiger partial charge in [-0.05, 0) is 49.6 Å². The van der Waals surface area contributed by atoms with Crippen molar-refractivity contribution in [3.63, 3.8) is 0 Å². The Hall–Kier alpha value is -3.00. The molecule has 3 aromatic rings. The molecule has 1 amide bonds. The minimum Gasteiger partial charge on any atom is -0.457 e. The van der Waals surface area contributed by atoms with Crippen LogP contribution < -0.4 is 15.8 Å². The van der Waals surface area contributed by atoms with Crippen molar-refractivity contribution in [1.29, 1.82) is 0 Å². The number of thioether (sulfide) groups is 1. The van der Waals surface area contributed by atoms with Crippen molar-refractivity contribution < 1.29 is 9.53 Å². The molecule has 0 unspecified atom stereocenters. The van der Waals surface area contributed by atoms with Gasteiger partial charge in [-0.15, -0.1) is 10.2 Å². The third kappa shape index (κ3) is 3.97. The Bertz CT molecular complexity index is 880. The Kier molecular flexibility index (Phi) is 5.43. The number of hydrogen-bond acceptors (Lipinski definition) is 6. The second kappa shape index (κ2) is 7.92. The zero-order valence-electron chi connectivity index (χ0n) is 14.4. The first-order chi connectivity index (χ1) is 12.6. The van der Waals surface area contributed by atoms with Gasteiger partial charge in [0.15, 0.2) is 5.16 Å². The molecule has 8 heteroatoms. The number of hydrogen-bond donors (Lipinski definition) is 2. The summed E-state index contributed by atoms with van der Waals surface area (Å²) in [6, 6.07) is 16.1. The van der Waals surface area contributed by atoms with Crippen LogP contribution in [0, 0.1) is 0 Å². The molecule has 1 atom stereocenters. The lowest BCUT2D eigenvalue weighted by molar-refractivity contribution is -0.118. The van der Waals surface area contributed by atoms with Gasteiger partial charge in [-0.2, -0.15) is 0 Å². The molecule has 0 aliphatic rings. The molecule has 0 bridgehead atoms. The van der Waals surface area contributed by atoms with E-state index in [0.717, 1.165) is 5.75 Å². The number of anilines is 2. The van der Waals surface area contributed by atoms with E-state index in [0.29, 0.717) is 16.6 Å². The third-order valence-electron chi connectivity index (χ3n) is 3.74. The van der Waals surface area contributed by atoms with E-state index >= 15 is 0 Å². The maximum absolute atomic E-state index is 12.5. The maximum Gasteiger partial charge on any atom is 0.247 e. The van der Waals surface area contributed by atoms with Gasteiger partial charge < -0.3 is 15.8 Å². The summed E-state index contributed by atoms with van der Waals surface area (Å²) in [5.74, 6) is 1.45. The fourth-order valence-corrected chi connectivity index (χ4v) is 2.96. The van der Waals surface area contributed by atoms with E-state index in [1.165, 1.54) is 11.8 Å². The zero-order valence-corrected chi connectivity index (χ0v) is 15.2. The van der Waals surface area contributed by atoms with Crippen molar-refractivity contribution in [3.05, 3.63) is 54.6 Å². The van der Waals surface area contributed by atoms with E-state index in [2.05, 4.69) is 15.5 Å². The highest BCUT2D eigenvalue weighted by atomic mass is 32.2. The maximum atomic E-state index is 12.5. The lowest BCUT2D eigenvalue weighted by atomic mass is 10.2. The summed E-state index contributed by atoms with van der Waals surface area (Å²) in [4.78, 5) is 12.5. The minimum atomic E-state index is -0.535. The smallest absolute Gasteiger partial charge is 0.247 e. The Labute approximate surface area is 155 Å². The molecule has 0 fully saturated rings. The molecule has 2 aromatic carbocycles. The fourth-order valence-electron chi connectivity index (χ4n) is 2.39.